The number of hydrogen-bond acceptors (Lipinski definition) is 5. The van der Waals surface area contributed by atoms with Gasteiger partial charge in [0, 0.05) is 11.6 Å². The molecule has 0 fully saturated rings. The molecule has 0 radical (unpaired) electrons. The van der Waals surface area contributed by atoms with Crippen LogP contribution in [0.3, 0.4) is 0 Å². The van der Waals surface area contributed by atoms with Crippen molar-refractivity contribution in [3.63, 3.8) is 0 Å². The van der Waals surface area contributed by atoms with E-state index in [-0.39, 0.29) is 11.6 Å². The molecule has 2 aromatic carbocycles. The number of hydrogen-bond donors (Lipinski definition) is 0. The molecule has 1 aliphatic heterocycles. The first-order valence-corrected chi connectivity index (χ1v) is 6.71. The molecule has 0 saturated carbocycles. The van der Waals surface area contributed by atoms with Gasteiger partial charge in [-0.2, -0.15) is 0 Å². The van der Waals surface area contributed by atoms with E-state index in [9.17, 15) is 9.59 Å². The molecular formula is C17H14O5. The summed E-state index contributed by atoms with van der Waals surface area (Å²) >= 11 is 0. The molecule has 0 aliphatic carbocycles. The maximum absolute atomic E-state index is 12.5. The minimum atomic E-state index is -1.14. The number of Topliss-reactive ketones (excluding diaryl/α,β-unsaturated/α-hetero) is 2. The lowest BCUT2D eigenvalue weighted by atomic mass is 10.0. The Hall–Kier alpha value is -2.82. The smallest absolute Gasteiger partial charge is 0.224 e. The van der Waals surface area contributed by atoms with Crippen LogP contribution < -0.4 is 14.2 Å². The molecule has 1 unspecified atom stereocenters. The van der Waals surface area contributed by atoms with Gasteiger partial charge < -0.3 is 14.2 Å². The summed E-state index contributed by atoms with van der Waals surface area (Å²) in [5.74, 6) is 0.879. The van der Waals surface area contributed by atoms with E-state index in [4.69, 9.17) is 14.2 Å². The van der Waals surface area contributed by atoms with Crippen LogP contribution in [0.25, 0.3) is 0 Å². The maximum atomic E-state index is 12.5. The van der Waals surface area contributed by atoms with E-state index in [1.54, 1.807) is 49.6 Å². The van der Waals surface area contributed by atoms with E-state index in [1.807, 2.05) is 0 Å². The van der Waals surface area contributed by atoms with Gasteiger partial charge in [0.15, 0.2) is 0 Å². The third-order valence-electron chi connectivity index (χ3n) is 3.55. The summed E-state index contributed by atoms with van der Waals surface area (Å²) in [7, 11) is 3.07. The van der Waals surface area contributed by atoms with Gasteiger partial charge in [-0.1, -0.05) is 0 Å². The van der Waals surface area contributed by atoms with Gasteiger partial charge >= 0.3 is 0 Å². The average molecular weight is 298 g/mol. The molecule has 112 valence electrons. The van der Waals surface area contributed by atoms with Crippen LogP contribution in [0.15, 0.2) is 42.5 Å². The standard InChI is InChI=1S/C17H14O5/c1-20-11-5-3-10(4-6-11)15(18)17-16(19)13-8-7-12(21-2)9-14(13)22-17/h3-9,17H,1-2H3. The predicted octanol–water partition coefficient (Wildman–Crippen LogP) is 2.53. The lowest BCUT2D eigenvalue weighted by molar-refractivity contribution is 0.0720. The van der Waals surface area contributed by atoms with Crippen LogP contribution in [0.5, 0.6) is 17.2 Å². The zero-order chi connectivity index (χ0) is 15.7. The van der Waals surface area contributed by atoms with Gasteiger partial charge in [-0.05, 0) is 36.4 Å². The normalized spacial score (nSPS) is 15.9. The maximum Gasteiger partial charge on any atom is 0.224 e. The van der Waals surface area contributed by atoms with Gasteiger partial charge in [-0.3, -0.25) is 9.59 Å². The molecule has 1 aliphatic rings. The Labute approximate surface area is 127 Å². The highest BCUT2D eigenvalue weighted by Crippen LogP contribution is 2.33. The molecular weight excluding hydrogens is 284 g/mol. The Bertz CT molecular complexity index is 733. The molecule has 0 spiro atoms. The van der Waals surface area contributed by atoms with Crippen molar-refractivity contribution >= 4 is 11.6 Å². The number of carbonyl (C=O) groups excluding carboxylic acids is 2. The quantitative estimate of drug-likeness (QED) is 0.641. The lowest BCUT2D eigenvalue weighted by Crippen LogP contribution is -2.30. The molecule has 1 atom stereocenters. The van der Waals surface area contributed by atoms with E-state index in [1.165, 1.54) is 7.11 Å². The van der Waals surface area contributed by atoms with Crippen molar-refractivity contribution in [1.29, 1.82) is 0 Å². The van der Waals surface area contributed by atoms with Crippen LogP contribution >= 0.6 is 0 Å². The van der Waals surface area contributed by atoms with E-state index < -0.39 is 6.10 Å². The number of carbonyl (C=O) groups is 2. The molecule has 0 amide bonds. The van der Waals surface area contributed by atoms with E-state index in [0.29, 0.717) is 28.4 Å². The Morgan fingerprint density at radius 2 is 1.64 bits per heavy atom. The summed E-state index contributed by atoms with van der Waals surface area (Å²) in [4.78, 5) is 24.8. The molecule has 0 bridgehead atoms. The highest BCUT2D eigenvalue weighted by atomic mass is 16.5. The Morgan fingerprint density at radius 3 is 2.27 bits per heavy atom. The first-order chi connectivity index (χ1) is 10.6. The molecule has 3 rings (SSSR count). The Balaban J connectivity index is 1.86. The Kier molecular flexibility index (Phi) is 3.55. The van der Waals surface area contributed by atoms with Crippen LogP contribution in [0, 0.1) is 0 Å². The monoisotopic (exact) mass is 298 g/mol. The lowest BCUT2D eigenvalue weighted by Gasteiger charge is -2.09. The van der Waals surface area contributed by atoms with Crippen LogP contribution in [-0.4, -0.2) is 31.9 Å². The second-order valence-electron chi connectivity index (χ2n) is 4.82. The minimum absolute atomic E-state index is 0.335. The van der Waals surface area contributed by atoms with Crippen LogP contribution in [0.2, 0.25) is 0 Å². The van der Waals surface area contributed by atoms with Gasteiger partial charge in [0.05, 0.1) is 19.8 Å². The van der Waals surface area contributed by atoms with E-state index in [0.717, 1.165) is 0 Å². The van der Waals surface area contributed by atoms with Gasteiger partial charge in [0.1, 0.15) is 17.2 Å². The van der Waals surface area contributed by atoms with E-state index in [2.05, 4.69) is 0 Å². The number of benzene rings is 2. The molecule has 2 aromatic rings. The van der Waals surface area contributed by atoms with Crippen LogP contribution in [0.1, 0.15) is 20.7 Å². The minimum Gasteiger partial charge on any atom is -0.497 e. The Morgan fingerprint density at radius 1 is 1.00 bits per heavy atom. The summed E-state index contributed by atoms with van der Waals surface area (Å²) in [6.07, 6.45) is -1.14. The van der Waals surface area contributed by atoms with Gasteiger partial charge in [0.25, 0.3) is 0 Å². The van der Waals surface area contributed by atoms with Crippen molar-refractivity contribution in [2.24, 2.45) is 0 Å². The second kappa shape index (κ2) is 5.52. The van der Waals surface area contributed by atoms with Gasteiger partial charge in [0.2, 0.25) is 17.7 Å². The molecule has 1 heterocycles. The largest absolute Gasteiger partial charge is 0.497 e. The molecule has 5 heteroatoms. The zero-order valence-corrected chi connectivity index (χ0v) is 12.2. The van der Waals surface area contributed by atoms with Crippen molar-refractivity contribution in [3.8, 4) is 17.2 Å². The number of ether oxygens (including phenoxy) is 3. The van der Waals surface area contributed by atoms with Crippen LogP contribution in [0.4, 0.5) is 0 Å². The highest BCUT2D eigenvalue weighted by Gasteiger charge is 2.38. The van der Waals surface area contributed by atoms with Crippen molar-refractivity contribution in [1.82, 2.24) is 0 Å². The van der Waals surface area contributed by atoms with Gasteiger partial charge in [-0.15, -0.1) is 0 Å². The SMILES string of the molecule is COc1ccc(C(=O)C2Oc3cc(OC)ccc3C2=O)cc1. The van der Waals surface area contributed by atoms with E-state index >= 15 is 0 Å². The topological polar surface area (TPSA) is 61.8 Å². The molecule has 5 nitrogen and oxygen atoms in total. The molecule has 0 saturated heterocycles. The molecule has 22 heavy (non-hydrogen) atoms. The van der Waals surface area contributed by atoms with Crippen LogP contribution in [-0.2, 0) is 0 Å². The summed E-state index contributed by atoms with van der Waals surface area (Å²) in [6, 6.07) is 11.4. The summed E-state index contributed by atoms with van der Waals surface area (Å²) in [5.41, 5.74) is 0.798. The van der Waals surface area contributed by atoms with Gasteiger partial charge in [-0.25, -0.2) is 0 Å². The fourth-order valence-electron chi connectivity index (χ4n) is 2.33. The highest BCUT2D eigenvalue weighted by molar-refractivity contribution is 6.21. The van der Waals surface area contributed by atoms with Crippen molar-refractivity contribution in [2.75, 3.05) is 14.2 Å². The van der Waals surface area contributed by atoms with Crippen molar-refractivity contribution in [2.45, 2.75) is 6.10 Å². The van der Waals surface area contributed by atoms with Crippen molar-refractivity contribution in [3.05, 3.63) is 53.6 Å². The average Bonchev–Trinajstić information content (AvgIpc) is 2.90. The number of rotatable bonds is 4. The number of methoxy groups -OCH3 is 2. The third-order valence-corrected chi connectivity index (χ3v) is 3.55. The first kappa shape index (κ1) is 14.1. The first-order valence-electron chi connectivity index (χ1n) is 6.71. The number of fused-ring (bicyclic) bond motifs is 1. The molecule has 0 N–H and O–H groups in total. The number of ketones is 2. The zero-order valence-electron chi connectivity index (χ0n) is 12.2. The summed E-state index contributed by atoms with van der Waals surface area (Å²) in [6.45, 7) is 0. The van der Waals surface area contributed by atoms with Crippen molar-refractivity contribution < 1.29 is 23.8 Å². The third kappa shape index (κ3) is 2.30. The predicted molar refractivity (Wildman–Crippen MR) is 79.1 cm³/mol. The fraction of sp³-hybridized carbons (Fsp3) is 0.176. The summed E-state index contributed by atoms with van der Waals surface area (Å²) < 4.78 is 15.7. The summed E-state index contributed by atoms with van der Waals surface area (Å²) in [5, 5.41) is 0. The fourth-order valence-corrected chi connectivity index (χ4v) is 2.33. The molecule has 0 aromatic heterocycles. The second-order valence-corrected chi connectivity index (χ2v) is 4.82.